The van der Waals surface area contributed by atoms with Crippen LogP contribution in [0.1, 0.15) is 73.0 Å². The van der Waals surface area contributed by atoms with Gasteiger partial charge < -0.3 is 18.8 Å². The molecule has 3 aromatic rings. The lowest BCUT2D eigenvalue weighted by Crippen LogP contribution is -2.40. The molecule has 6 heteroatoms. The summed E-state index contributed by atoms with van der Waals surface area (Å²) in [4.78, 5) is 16.8. The average molecular weight is 520 g/mol. The van der Waals surface area contributed by atoms with Gasteiger partial charge in [0, 0.05) is 11.4 Å². The quantitative estimate of drug-likeness (QED) is 0.299. The van der Waals surface area contributed by atoms with Gasteiger partial charge in [0.1, 0.15) is 0 Å². The highest BCUT2D eigenvalue weighted by Gasteiger charge is 2.34. The molecule has 2 heterocycles. The monoisotopic (exact) mass is 519 g/mol. The Morgan fingerprint density at radius 3 is 2.46 bits per heavy atom. The Bertz CT molecular complexity index is 1320. The zero-order valence-corrected chi connectivity index (χ0v) is 23.8. The van der Waals surface area contributed by atoms with Crippen molar-refractivity contribution in [2.75, 3.05) is 20.8 Å². The topological polar surface area (TPSA) is 51.9 Å². The van der Waals surface area contributed by atoms with Crippen LogP contribution in [-0.4, -0.2) is 31.6 Å². The van der Waals surface area contributed by atoms with Crippen LogP contribution in [0.15, 0.2) is 69.0 Å². The van der Waals surface area contributed by atoms with Crippen molar-refractivity contribution >= 4 is 17.7 Å². The first-order chi connectivity index (χ1) is 17.5. The summed E-state index contributed by atoms with van der Waals surface area (Å²) in [6.45, 7) is 15.4. The summed E-state index contributed by atoms with van der Waals surface area (Å²) in [6, 6.07) is 14.1. The molecule has 196 valence electrons. The molecule has 1 aliphatic rings. The summed E-state index contributed by atoms with van der Waals surface area (Å²) in [5.74, 6) is 1.60. The highest BCUT2D eigenvalue weighted by atomic mass is 32.2. The molecule has 0 radical (unpaired) electrons. The van der Waals surface area contributed by atoms with E-state index in [4.69, 9.17) is 13.9 Å². The van der Waals surface area contributed by atoms with E-state index in [1.165, 1.54) is 11.1 Å². The first kappa shape index (κ1) is 26.9. The Labute approximate surface area is 224 Å². The molecule has 0 saturated carbocycles. The number of rotatable bonds is 7. The van der Waals surface area contributed by atoms with Crippen LogP contribution in [0.2, 0.25) is 0 Å². The summed E-state index contributed by atoms with van der Waals surface area (Å²) in [6.07, 6.45) is 1.39. The smallest absolute Gasteiger partial charge is 0.290 e. The van der Waals surface area contributed by atoms with Crippen LogP contribution < -0.4 is 9.47 Å². The Kier molecular flexibility index (Phi) is 7.79. The molecule has 0 fully saturated rings. The lowest BCUT2D eigenvalue weighted by molar-refractivity contribution is 0.0621. The van der Waals surface area contributed by atoms with Crippen LogP contribution in [0.5, 0.6) is 11.5 Å². The molecule has 2 aromatic carbocycles. The number of carbonyl (C=O) groups excluding carboxylic acids is 1. The third-order valence-corrected chi connectivity index (χ3v) is 7.94. The molecule has 1 aromatic heterocycles. The number of fused-ring (bicyclic) bond motifs is 1. The second-order valence-electron chi connectivity index (χ2n) is 10.8. The van der Waals surface area contributed by atoms with Crippen LogP contribution in [-0.2, 0) is 11.8 Å². The van der Waals surface area contributed by atoms with Crippen molar-refractivity contribution in [3.05, 3.63) is 82.6 Å². The SMILES string of the molecule is C=C(C)CC1c2cc(OC)c(OC)cc2CCN1C(=O)c1ccc(Sc2cc(C(C)(C)C)ccc2C)o1. The summed E-state index contributed by atoms with van der Waals surface area (Å²) >= 11 is 1.56. The first-order valence-corrected chi connectivity index (χ1v) is 13.4. The number of amides is 1. The minimum absolute atomic E-state index is 0.0584. The van der Waals surface area contributed by atoms with E-state index in [0.717, 1.165) is 28.0 Å². The fourth-order valence-corrected chi connectivity index (χ4v) is 5.64. The van der Waals surface area contributed by atoms with Gasteiger partial charge in [0.25, 0.3) is 5.91 Å². The van der Waals surface area contributed by atoms with E-state index in [-0.39, 0.29) is 17.4 Å². The molecule has 1 unspecified atom stereocenters. The van der Waals surface area contributed by atoms with E-state index in [9.17, 15) is 4.79 Å². The van der Waals surface area contributed by atoms with Gasteiger partial charge in [-0.3, -0.25) is 4.79 Å². The van der Waals surface area contributed by atoms with Gasteiger partial charge in [0.15, 0.2) is 22.4 Å². The van der Waals surface area contributed by atoms with Gasteiger partial charge in [0.2, 0.25) is 0 Å². The number of hydrogen-bond donors (Lipinski definition) is 0. The maximum Gasteiger partial charge on any atom is 0.290 e. The zero-order chi connectivity index (χ0) is 26.9. The highest BCUT2D eigenvalue weighted by molar-refractivity contribution is 7.99. The van der Waals surface area contributed by atoms with Crippen molar-refractivity contribution < 1.29 is 18.7 Å². The van der Waals surface area contributed by atoms with E-state index in [2.05, 4.69) is 52.5 Å². The normalized spacial score (nSPS) is 15.3. The summed E-state index contributed by atoms with van der Waals surface area (Å²) in [7, 11) is 3.27. The molecule has 1 atom stereocenters. The van der Waals surface area contributed by atoms with Gasteiger partial charge >= 0.3 is 0 Å². The largest absolute Gasteiger partial charge is 0.493 e. The average Bonchev–Trinajstić information content (AvgIpc) is 3.32. The number of ether oxygens (including phenoxy) is 2. The second kappa shape index (κ2) is 10.7. The number of furan rings is 1. The molecule has 1 amide bonds. The fraction of sp³-hybridized carbons (Fsp3) is 0.387. The number of aryl methyl sites for hydroxylation is 1. The summed E-state index contributed by atoms with van der Waals surface area (Å²) < 4.78 is 17.2. The van der Waals surface area contributed by atoms with Gasteiger partial charge in [-0.05, 0) is 84.7 Å². The van der Waals surface area contributed by atoms with Crippen LogP contribution >= 0.6 is 11.8 Å². The lowest BCUT2D eigenvalue weighted by atomic mass is 9.87. The molecule has 37 heavy (non-hydrogen) atoms. The third kappa shape index (κ3) is 5.74. The van der Waals surface area contributed by atoms with E-state index >= 15 is 0 Å². The van der Waals surface area contributed by atoms with E-state index in [1.807, 2.05) is 30.0 Å². The van der Waals surface area contributed by atoms with Gasteiger partial charge in [-0.15, -0.1) is 6.58 Å². The first-order valence-electron chi connectivity index (χ1n) is 12.6. The Morgan fingerprint density at radius 1 is 1.11 bits per heavy atom. The van der Waals surface area contributed by atoms with Crippen LogP contribution in [0.3, 0.4) is 0 Å². The third-order valence-electron chi connectivity index (χ3n) is 6.86. The summed E-state index contributed by atoms with van der Waals surface area (Å²) in [5.41, 5.74) is 5.75. The number of nitrogens with zero attached hydrogens (tertiary/aromatic N) is 1. The number of carbonyl (C=O) groups is 1. The number of hydrogen-bond acceptors (Lipinski definition) is 5. The van der Waals surface area contributed by atoms with Crippen molar-refractivity contribution in [3.63, 3.8) is 0 Å². The van der Waals surface area contributed by atoms with Gasteiger partial charge in [-0.25, -0.2) is 0 Å². The molecular weight excluding hydrogens is 482 g/mol. The Balaban J connectivity index is 1.61. The zero-order valence-electron chi connectivity index (χ0n) is 22.9. The molecule has 0 saturated heterocycles. The molecule has 5 nitrogen and oxygen atoms in total. The minimum atomic E-state index is -0.152. The van der Waals surface area contributed by atoms with E-state index < -0.39 is 0 Å². The van der Waals surface area contributed by atoms with E-state index in [1.54, 1.807) is 32.0 Å². The van der Waals surface area contributed by atoms with Crippen molar-refractivity contribution in [1.82, 2.24) is 4.90 Å². The number of benzene rings is 2. The second-order valence-corrected chi connectivity index (χ2v) is 11.8. The minimum Gasteiger partial charge on any atom is -0.493 e. The van der Waals surface area contributed by atoms with Crippen LogP contribution in [0.4, 0.5) is 0 Å². The van der Waals surface area contributed by atoms with Gasteiger partial charge in [-0.2, -0.15) is 0 Å². The van der Waals surface area contributed by atoms with Crippen molar-refractivity contribution in [2.24, 2.45) is 0 Å². The predicted molar refractivity (Wildman–Crippen MR) is 149 cm³/mol. The Morgan fingerprint density at radius 2 is 1.81 bits per heavy atom. The van der Waals surface area contributed by atoms with Crippen molar-refractivity contribution in [2.45, 2.75) is 68.9 Å². The standard InChI is InChI=1S/C31H37NO4S/c1-19(2)15-24-23-18-27(35-8)26(34-7)16-21(23)13-14-32(24)30(33)25-11-12-29(36-25)37-28-17-22(31(4,5)6)10-9-20(28)3/h9-12,16-18,24H,1,13-15H2,2-8H3. The van der Waals surface area contributed by atoms with Crippen molar-refractivity contribution in [3.8, 4) is 11.5 Å². The molecule has 0 bridgehead atoms. The molecular formula is C31H37NO4S. The molecule has 1 aliphatic heterocycles. The van der Waals surface area contributed by atoms with E-state index in [0.29, 0.717) is 35.3 Å². The molecule has 0 aliphatic carbocycles. The lowest BCUT2D eigenvalue weighted by Gasteiger charge is -2.37. The van der Waals surface area contributed by atoms with Crippen LogP contribution in [0, 0.1) is 6.92 Å². The van der Waals surface area contributed by atoms with Gasteiger partial charge in [-0.1, -0.05) is 50.2 Å². The summed E-state index contributed by atoms with van der Waals surface area (Å²) in [5, 5.41) is 0.706. The molecule has 0 N–H and O–H groups in total. The van der Waals surface area contributed by atoms with Gasteiger partial charge in [0.05, 0.1) is 20.3 Å². The molecule has 0 spiro atoms. The predicted octanol–water partition coefficient (Wildman–Crippen LogP) is 7.76. The fourth-order valence-electron chi connectivity index (χ4n) is 4.74. The van der Waals surface area contributed by atoms with Crippen molar-refractivity contribution in [1.29, 1.82) is 0 Å². The maximum absolute atomic E-state index is 13.7. The maximum atomic E-state index is 13.7. The number of methoxy groups -OCH3 is 2. The Hall–Kier alpha value is -3.12. The van der Waals surface area contributed by atoms with Crippen LogP contribution in [0.25, 0.3) is 0 Å². The molecule has 4 rings (SSSR count). The highest BCUT2D eigenvalue weighted by Crippen LogP contribution is 2.41.